The first-order chi connectivity index (χ1) is 8.42. The smallest absolute Gasteiger partial charge is 0.229 e. The third kappa shape index (κ3) is 3.10. The van der Waals surface area contributed by atoms with Gasteiger partial charge < -0.3 is 9.84 Å². The molecule has 0 aliphatic carbocycles. The van der Waals surface area contributed by atoms with Gasteiger partial charge in [-0.25, -0.2) is 0 Å². The minimum absolute atomic E-state index is 0. The molecule has 1 saturated heterocycles. The monoisotopic (exact) mass is 285 g/mol. The summed E-state index contributed by atoms with van der Waals surface area (Å²) in [6.45, 7) is 2.10. The summed E-state index contributed by atoms with van der Waals surface area (Å²) in [7, 11) is 0. The van der Waals surface area contributed by atoms with Crippen molar-refractivity contribution in [2.24, 2.45) is 0 Å². The molecule has 6 heteroatoms. The summed E-state index contributed by atoms with van der Waals surface area (Å²) in [6.07, 6.45) is 2.98. The lowest BCUT2D eigenvalue weighted by Gasteiger charge is -2.18. The van der Waals surface area contributed by atoms with E-state index in [2.05, 4.69) is 26.9 Å². The normalized spacial score (nSPS) is 16.4. The standard InChI is InChI=1S/C12H15N3OS.ClH/c1-2-10(17-7-1)8-11-14-12(16-15-11)9-3-5-13-6-4-9;/h1-2,7,9,13H,3-6,8H2;1H. The van der Waals surface area contributed by atoms with Gasteiger partial charge in [0, 0.05) is 17.2 Å². The molecule has 3 heterocycles. The van der Waals surface area contributed by atoms with Crippen molar-refractivity contribution in [3.05, 3.63) is 34.1 Å². The van der Waals surface area contributed by atoms with E-state index >= 15 is 0 Å². The molecule has 98 valence electrons. The average molecular weight is 286 g/mol. The van der Waals surface area contributed by atoms with Crippen molar-refractivity contribution < 1.29 is 4.52 Å². The van der Waals surface area contributed by atoms with Crippen molar-refractivity contribution in [1.82, 2.24) is 15.5 Å². The van der Waals surface area contributed by atoms with Gasteiger partial charge in [0.15, 0.2) is 5.82 Å². The molecule has 0 amide bonds. The zero-order valence-corrected chi connectivity index (χ0v) is 11.6. The van der Waals surface area contributed by atoms with E-state index in [1.165, 1.54) is 4.88 Å². The van der Waals surface area contributed by atoms with E-state index in [9.17, 15) is 0 Å². The van der Waals surface area contributed by atoms with Crippen LogP contribution in [-0.2, 0) is 6.42 Å². The van der Waals surface area contributed by atoms with Gasteiger partial charge in [0.25, 0.3) is 0 Å². The second-order valence-electron chi connectivity index (χ2n) is 4.33. The van der Waals surface area contributed by atoms with Gasteiger partial charge in [-0.3, -0.25) is 0 Å². The number of hydrogen-bond donors (Lipinski definition) is 1. The molecule has 1 aliphatic rings. The molecule has 1 N–H and O–H groups in total. The van der Waals surface area contributed by atoms with Crippen molar-refractivity contribution in [3.8, 4) is 0 Å². The lowest BCUT2D eigenvalue weighted by Crippen LogP contribution is -2.26. The van der Waals surface area contributed by atoms with Crippen molar-refractivity contribution >= 4 is 23.7 Å². The quantitative estimate of drug-likeness (QED) is 0.942. The largest absolute Gasteiger partial charge is 0.339 e. The van der Waals surface area contributed by atoms with Crippen LogP contribution >= 0.6 is 23.7 Å². The number of halogens is 1. The fourth-order valence-corrected chi connectivity index (χ4v) is 2.84. The Morgan fingerprint density at radius 3 is 2.94 bits per heavy atom. The Morgan fingerprint density at radius 2 is 2.22 bits per heavy atom. The molecule has 0 aromatic carbocycles. The Balaban J connectivity index is 0.00000120. The van der Waals surface area contributed by atoms with Gasteiger partial charge in [0.1, 0.15) is 0 Å². The predicted molar refractivity (Wildman–Crippen MR) is 73.5 cm³/mol. The summed E-state index contributed by atoms with van der Waals surface area (Å²) in [4.78, 5) is 5.79. The van der Waals surface area contributed by atoms with Crippen LogP contribution in [0.25, 0.3) is 0 Å². The van der Waals surface area contributed by atoms with E-state index in [1.54, 1.807) is 11.3 Å². The van der Waals surface area contributed by atoms with Crippen molar-refractivity contribution in [1.29, 1.82) is 0 Å². The molecule has 0 unspecified atom stereocenters. The number of nitrogens with zero attached hydrogens (tertiary/aromatic N) is 2. The van der Waals surface area contributed by atoms with E-state index in [-0.39, 0.29) is 12.4 Å². The van der Waals surface area contributed by atoms with Crippen LogP contribution in [0.15, 0.2) is 22.0 Å². The molecule has 0 atom stereocenters. The molecule has 0 spiro atoms. The molecule has 4 nitrogen and oxygen atoms in total. The van der Waals surface area contributed by atoms with E-state index in [0.29, 0.717) is 5.92 Å². The van der Waals surface area contributed by atoms with E-state index < -0.39 is 0 Å². The van der Waals surface area contributed by atoms with Crippen molar-refractivity contribution in [2.75, 3.05) is 13.1 Å². The molecule has 3 rings (SSSR count). The lowest BCUT2D eigenvalue weighted by atomic mass is 9.98. The van der Waals surface area contributed by atoms with Gasteiger partial charge in [-0.1, -0.05) is 11.2 Å². The number of hydrogen-bond acceptors (Lipinski definition) is 5. The van der Waals surface area contributed by atoms with Gasteiger partial charge in [-0.15, -0.1) is 23.7 Å². The first-order valence-corrected chi connectivity index (χ1v) is 6.85. The van der Waals surface area contributed by atoms with E-state index in [4.69, 9.17) is 4.52 Å². The summed E-state index contributed by atoms with van der Waals surface area (Å²) >= 11 is 1.73. The van der Waals surface area contributed by atoms with Gasteiger partial charge in [-0.2, -0.15) is 4.98 Å². The number of piperidine rings is 1. The van der Waals surface area contributed by atoms with Gasteiger partial charge in [0.05, 0.1) is 0 Å². The van der Waals surface area contributed by atoms with Crippen LogP contribution in [0, 0.1) is 0 Å². The maximum absolute atomic E-state index is 5.37. The first-order valence-electron chi connectivity index (χ1n) is 5.97. The summed E-state index contributed by atoms with van der Waals surface area (Å²) in [6, 6.07) is 4.15. The molecule has 1 fully saturated rings. The molecule has 1 aliphatic heterocycles. The highest BCUT2D eigenvalue weighted by Crippen LogP contribution is 2.24. The third-order valence-electron chi connectivity index (χ3n) is 3.08. The number of aromatic nitrogens is 2. The van der Waals surface area contributed by atoms with Crippen LogP contribution in [0.2, 0.25) is 0 Å². The lowest BCUT2D eigenvalue weighted by molar-refractivity contribution is 0.318. The van der Waals surface area contributed by atoms with Crippen LogP contribution in [-0.4, -0.2) is 23.2 Å². The Morgan fingerprint density at radius 1 is 1.39 bits per heavy atom. The third-order valence-corrected chi connectivity index (χ3v) is 3.96. The molecule has 0 bridgehead atoms. The second-order valence-corrected chi connectivity index (χ2v) is 5.36. The Hall–Kier alpha value is -0.910. The Bertz CT molecular complexity index is 465. The fraction of sp³-hybridized carbons (Fsp3) is 0.500. The average Bonchev–Trinajstić information content (AvgIpc) is 3.02. The maximum Gasteiger partial charge on any atom is 0.229 e. The molecule has 2 aromatic rings. The first kappa shape index (κ1) is 13.5. The van der Waals surface area contributed by atoms with Gasteiger partial charge in [0.2, 0.25) is 5.89 Å². The molecular weight excluding hydrogens is 270 g/mol. The molecule has 18 heavy (non-hydrogen) atoms. The highest BCUT2D eigenvalue weighted by molar-refractivity contribution is 7.09. The fourth-order valence-electron chi connectivity index (χ4n) is 2.14. The summed E-state index contributed by atoms with van der Waals surface area (Å²) < 4.78 is 5.37. The molecule has 0 radical (unpaired) electrons. The minimum atomic E-state index is 0. The van der Waals surface area contributed by atoms with Gasteiger partial charge in [-0.05, 0) is 37.4 Å². The Kier molecular flexibility index (Phi) is 4.74. The van der Waals surface area contributed by atoms with Crippen LogP contribution < -0.4 is 5.32 Å². The van der Waals surface area contributed by atoms with E-state index in [1.807, 2.05) is 6.07 Å². The van der Waals surface area contributed by atoms with Crippen molar-refractivity contribution in [2.45, 2.75) is 25.2 Å². The van der Waals surface area contributed by atoms with Crippen LogP contribution in [0.3, 0.4) is 0 Å². The predicted octanol–water partition coefficient (Wildman–Crippen LogP) is 2.61. The molecule has 2 aromatic heterocycles. The SMILES string of the molecule is Cl.c1csc(Cc2noc(C3CCNCC3)n2)c1. The van der Waals surface area contributed by atoms with Crippen molar-refractivity contribution in [3.63, 3.8) is 0 Å². The Labute approximate surface area is 116 Å². The highest BCUT2D eigenvalue weighted by atomic mass is 35.5. The van der Waals surface area contributed by atoms with Crippen LogP contribution in [0.1, 0.15) is 35.4 Å². The zero-order valence-electron chi connectivity index (χ0n) is 9.96. The van der Waals surface area contributed by atoms with Gasteiger partial charge >= 0.3 is 0 Å². The van der Waals surface area contributed by atoms with Crippen LogP contribution in [0.4, 0.5) is 0 Å². The summed E-state index contributed by atoms with van der Waals surface area (Å²) in [5.74, 6) is 2.07. The number of nitrogens with one attached hydrogen (secondary N) is 1. The highest BCUT2D eigenvalue weighted by Gasteiger charge is 2.21. The maximum atomic E-state index is 5.37. The van der Waals surface area contributed by atoms with E-state index in [0.717, 1.165) is 44.1 Å². The topological polar surface area (TPSA) is 51.0 Å². The number of rotatable bonds is 3. The summed E-state index contributed by atoms with van der Waals surface area (Å²) in [5, 5.41) is 9.48. The summed E-state index contributed by atoms with van der Waals surface area (Å²) in [5.41, 5.74) is 0. The molecular formula is C12H16ClN3OS. The van der Waals surface area contributed by atoms with Crippen LogP contribution in [0.5, 0.6) is 0 Å². The number of thiophene rings is 1. The zero-order chi connectivity index (χ0) is 11.5. The minimum Gasteiger partial charge on any atom is -0.339 e. The second kappa shape index (κ2) is 6.31. The molecule has 0 saturated carbocycles.